The van der Waals surface area contributed by atoms with Gasteiger partial charge in [-0.15, -0.1) is 0 Å². The van der Waals surface area contributed by atoms with Gasteiger partial charge in [0.15, 0.2) is 0 Å². The molecule has 8 heteroatoms. The standard InChI is InChI=1S/C26H25ClF2N4O/c27-23-6-2-1-4-19(23)16-33-17-26(24(33)18-5-3-9-30-15-18)7-10-32(11-8-26)25(34)31-22-13-20(28)12-21(29)14-22/h1-6,9,12-15,24H,7-8,10-11,16-17H2,(H,31,34). The van der Waals surface area contributed by atoms with Crippen LogP contribution in [0.1, 0.15) is 30.0 Å². The molecule has 2 aromatic carbocycles. The summed E-state index contributed by atoms with van der Waals surface area (Å²) >= 11 is 6.42. The lowest BCUT2D eigenvalue weighted by Gasteiger charge is -2.60. The quantitative estimate of drug-likeness (QED) is 0.505. The number of carbonyl (C=O) groups is 1. The molecule has 2 saturated heterocycles. The van der Waals surface area contributed by atoms with Gasteiger partial charge in [0.1, 0.15) is 11.6 Å². The molecule has 5 rings (SSSR count). The van der Waals surface area contributed by atoms with Crippen LogP contribution >= 0.6 is 11.6 Å². The van der Waals surface area contributed by atoms with E-state index in [0.29, 0.717) is 13.1 Å². The van der Waals surface area contributed by atoms with Crippen LogP contribution in [0.15, 0.2) is 67.0 Å². The second kappa shape index (κ2) is 9.31. The summed E-state index contributed by atoms with van der Waals surface area (Å²) in [6, 6.07) is 14.8. The molecule has 3 heterocycles. The van der Waals surface area contributed by atoms with Crippen LogP contribution in [-0.2, 0) is 6.54 Å². The highest BCUT2D eigenvalue weighted by Gasteiger charge is 2.54. The zero-order valence-corrected chi connectivity index (χ0v) is 19.3. The molecule has 0 saturated carbocycles. The SMILES string of the molecule is O=C(Nc1cc(F)cc(F)c1)N1CCC2(CC1)CN(Cc1ccccc1Cl)C2c1cccnc1. The van der Waals surface area contributed by atoms with Crippen LogP contribution in [0.4, 0.5) is 19.3 Å². The van der Waals surface area contributed by atoms with Crippen molar-refractivity contribution in [2.45, 2.75) is 25.4 Å². The Bertz CT molecular complexity index is 1160. The largest absolute Gasteiger partial charge is 0.324 e. The first-order valence-electron chi connectivity index (χ1n) is 11.3. The number of hydrogen-bond donors (Lipinski definition) is 1. The van der Waals surface area contributed by atoms with E-state index < -0.39 is 11.6 Å². The molecule has 34 heavy (non-hydrogen) atoms. The van der Waals surface area contributed by atoms with E-state index in [1.54, 1.807) is 11.1 Å². The smallest absolute Gasteiger partial charge is 0.321 e. The normalized spacial score (nSPS) is 19.6. The number of halogens is 3. The number of pyridine rings is 1. The van der Waals surface area contributed by atoms with E-state index in [2.05, 4.69) is 27.3 Å². The molecule has 2 amide bonds. The van der Waals surface area contributed by atoms with E-state index in [-0.39, 0.29) is 23.2 Å². The van der Waals surface area contributed by atoms with E-state index in [1.807, 2.05) is 30.5 Å². The summed E-state index contributed by atoms with van der Waals surface area (Å²) in [6.45, 7) is 2.79. The highest BCUT2D eigenvalue weighted by molar-refractivity contribution is 6.31. The molecule has 1 spiro atoms. The molecule has 1 N–H and O–H groups in total. The van der Waals surface area contributed by atoms with Gasteiger partial charge in [-0.2, -0.15) is 0 Å². The Morgan fingerprint density at radius 3 is 2.50 bits per heavy atom. The molecule has 2 fully saturated rings. The van der Waals surface area contributed by atoms with Crippen LogP contribution in [0.5, 0.6) is 0 Å². The number of benzene rings is 2. The van der Waals surface area contributed by atoms with Gasteiger partial charge < -0.3 is 10.2 Å². The topological polar surface area (TPSA) is 48.5 Å². The van der Waals surface area contributed by atoms with E-state index in [0.717, 1.165) is 60.3 Å². The summed E-state index contributed by atoms with van der Waals surface area (Å²) in [7, 11) is 0. The number of carbonyl (C=O) groups excluding carboxylic acids is 1. The van der Waals surface area contributed by atoms with Gasteiger partial charge >= 0.3 is 6.03 Å². The predicted molar refractivity (Wildman–Crippen MR) is 127 cm³/mol. The van der Waals surface area contributed by atoms with E-state index >= 15 is 0 Å². The lowest BCUT2D eigenvalue weighted by atomic mass is 9.63. The van der Waals surface area contributed by atoms with Crippen LogP contribution in [0, 0.1) is 17.0 Å². The van der Waals surface area contributed by atoms with Crippen molar-refractivity contribution < 1.29 is 13.6 Å². The van der Waals surface area contributed by atoms with E-state index in [4.69, 9.17) is 11.6 Å². The van der Waals surface area contributed by atoms with E-state index in [9.17, 15) is 13.6 Å². The fourth-order valence-electron chi connectivity index (χ4n) is 5.37. The van der Waals surface area contributed by atoms with Crippen molar-refractivity contribution in [3.8, 4) is 0 Å². The zero-order chi connectivity index (χ0) is 23.7. The van der Waals surface area contributed by atoms with Crippen molar-refractivity contribution in [2.24, 2.45) is 5.41 Å². The number of aromatic nitrogens is 1. The average molecular weight is 483 g/mol. The zero-order valence-electron chi connectivity index (χ0n) is 18.6. The lowest BCUT2D eigenvalue weighted by Crippen LogP contribution is -2.62. The maximum Gasteiger partial charge on any atom is 0.321 e. The van der Waals surface area contributed by atoms with Crippen molar-refractivity contribution in [2.75, 3.05) is 25.0 Å². The van der Waals surface area contributed by atoms with Crippen LogP contribution < -0.4 is 5.32 Å². The van der Waals surface area contributed by atoms with Crippen LogP contribution in [0.3, 0.4) is 0 Å². The van der Waals surface area contributed by atoms with Gasteiger partial charge in [-0.05, 0) is 48.2 Å². The first-order chi connectivity index (χ1) is 16.4. The number of hydrogen-bond acceptors (Lipinski definition) is 3. The van der Waals surface area contributed by atoms with Crippen molar-refractivity contribution in [1.82, 2.24) is 14.8 Å². The van der Waals surface area contributed by atoms with Crippen LogP contribution in [0.25, 0.3) is 0 Å². The molecule has 2 aliphatic rings. The summed E-state index contributed by atoms with van der Waals surface area (Å²) in [6.07, 6.45) is 5.35. The number of nitrogens with zero attached hydrogens (tertiary/aromatic N) is 3. The minimum atomic E-state index is -0.722. The Morgan fingerprint density at radius 1 is 1.09 bits per heavy atom. The van der Waals surface area contributed by atoms with Gasteiger partial charge in [-0.3, -0.25) is 9.88 Å². The number of urea groups is 1. The van der Waals surface area contributed by atoms with Crippen molar-refractivity contribution in [1.29, 1.82) is 0 Å². The third-order valence-corrected chi connectivity index (χ3v) is 7.32. The molecule has 3 aromatic rings. The van der Waals surface area contributed by atoms with Gasteiger partial charge in [0.25, 0.3) is 0 Å². The molecule has 0 bridgehead atoms. The molecule has 176 valence electrons. The van der Waals surface area contributed by atoms with Crippen molar-refractivity contribution in [3.63, 3.8) is 0 Å². The minimum absolute atomic E-state index is 0.0338. The number of amides is 2. The number of piperidine rings is 1. The average Bonchev–Trinajstić information content (AvgIpc) is 2.80. The Labute approximate surface area is 202 Å². The summed E-state index contributed by atoms with van der Waals surface area (Å²) in [5.74, 6) is -1.44. The molecule has 0 aliphatic carbocycles. The molecule has 1 aromatic heterocycles. The number of anilines is 1. The summed E-state index contributed by atoms with van der Waals surface area (Å²) in [4.78, 5) is 21.2. The number of rotatable bonds is 4. The molecule has 1 unspecified atom stereocenters. The highest BCUT2D eigenvalue weighted by Crippen LogP contribution is 2.55. The Morgan fingerprint density at radius 2 is 1.82 bits per heavy atom. The van der Waals surface area contributed by atoms with Gasteiger partial charge in [-0.25, -0.2) is 13.6 Å². The second-order valence-electron chi connectivity index (χ2n) is 9.12. The Kier molecular flexibility index (Phi) is 6.23. The number of nitrogens with one attached hydrogen (secondary N) is 1. The predicted octanol–water partition coefficient (Wildman–Crippen LogP) is 5.88. The molecule has 5 nitrogen and oxygen atoms in total. The summed E-state index contributed by atoms with van der Waals surface area (Å²) in [5, 5.41) is 3.38. The molecular weight excluding hydrogens is 458 g/mol. The third-order valence-electron chi connectivity index (χ3n) is 6.95. The molecule has 2 aliphatic heterocycles. The Balaban J connectivity index is 1.29. The van der Waals surface area contributed by atoms with Crippen molar-refractivity contribution >= 4 is 23.3 Å². The third kappa shape index (κ3) is 4.50. The van der Waals surface area contributed by atoms with Crippen LogP contribution in [-0.4, -0.2) is 40.4 Å². The first-order valence-corrected chi connectivity index (χ1v) is 11.7. The number of likely N-dealkylation sites (tertiary alicyclic amines) is 2. The summed E-state index contributed by atoms with van der Waals surface area (Å²) < 4.78 is 26.9. The van der Waals surface area contributed by atoms with Gasteiger partial charge in [0, 0.05) is 66.8 Å². The highest BCUT2D eigenvalue weighted by atomic mass is 35.5. The van der Waals surface area contributed by atoms with Gasteiger partial charge in [0.05, 0.1) is 0 Å². The minimum Gasteiger partial charge on any atom is -0.324 e. The summed E-state index contributed by atoms with van der Waals surface area (Å²) in [5.41, 5.74) is 2.40. The molecule has 1 atom stereocenters. The monoisotopic (exact) mass is 482 g/mol. The Hall–Kier alpha value is -3.03. The second-order valence-corrected chi connectivity index (χ2v) is 9.53. The van der Waals surface area contributed by atoms with Gasteiger partial charge in [0.2, 0.25) is 0 Å². The van der Waals surface area contributed by atoms with E-state index in [1.165, 1.54) is 0 Å². The maximum absolute atomic E-state index is 13.5. The molecular formula is C26H25ClF2N4O. The first kappa shape index (κ1) is 22.7. The van der Waals surface area contributed by atoms with Crippen LogP contribution in [0.2, 0.25) is 5.02 Å². The fourth-order valence-corrected chi connectivity index (χ4v) is 5.56. The lowest BCUT2D eigenvalue weighted by molar-refractivity contribution is -0.112. The van der Waals surface area contributed by atoms with Gasteiger partial charge in [-0.1, -0.05) is 35.9 Å². The maximum atomic E-state index is 13.5. The fraction of sp³-hybridized carbons (Fsp3) is 0.308. The van der Waals surface area contributed by atoms with Crippen molar-refractivity contribution in [3.05, 3.63) is 94.8 Å². The molecule has 0 radical (unpaired) electrons.